The van der Waals surface area contributed by atoms with Gasteiger partial charge in [-0.3, -0.25) is 9.59 Å². The quantitative estimate of drug-likeness (QED) is 0.690. The average molecular weight is 414 g/mol. The van der Waals surface area contributed by atoms with Crippen LogP contribution in [-0.4, -0.2) is 52.4 Å². The molecule has 0 aliphatic carbocycles. The molecule has 160 valence electrons. The van der Waals surface area contributed by atoms with Crippen LogP contribution in [0.2, 0.25) is 0 Å². The van der Waals surface area contributed by atoms with E-state index in [-0.39, 0.29) is 23.3 Å². The Morgan fingerprint density at radius 2 is 1.73 bits per heavy atom. The summed E-state index contributed by atoms with van der Waals surface area (Å²) in [5.41, 5.74) is 1.01. The summed E-state index contributed by atoms with van der Waals surface area (Å²) in [4.78, 5) is 25.6. The summed E-state index contributed by atoms with van der Waals surface area (Å²) in [6.45, 7) is 1.16. The molecule has 0 aromatic heterocycles. The molecule has 1 heterocycles. The minimum Gasteiger partial charge on any atom is -0.493 e. The highest BCUT2D eigenvalue weighted by atomic mass is 16.5. The fourth-order valence-corrected chi connectivity index (χ4v) is 3.37. The molecular weight excluding hydrogens is 388 g/mol. The number of anilines is 1. The zero-order chi connectivity index (χ0) is 21.5. The number of rotatable bonds is 8. The van der Waals surface area contributed by atoms with E-state index in [0.717, 1.165) is 19.4 Å². The van der Waals surface area contributed by atoms with Crippen molar-refractivity contribution in [2.24, 2.45) is 0 Å². The number of ether oxygens (including phenoxy) is 4. The van der Waals surface area contributed by atoms with Crippen molar-refractivity contribution in [1.82, 2.24) is 5.32 Å². The predicted octanol–water partition coefficient (Wildman–Crippen LogP) is 2.87. The fraction of sp³-hybridized carbons (Fsp3) is 0.364. The van der Waals surface area contributed by atoms with Crippen LogP contribution >= 0.6 is 0 Å². The molecule has 0 spiro atoms. The zero-order valence-corrected chi connectivity index (χ0v) is 17.3. The van der Waals surface area contributed by atoms with Crippen molar-refractivity contribution in [3.05, 3.63) is 47.5 Å². The van der Waals surface area contributed by atoms with Crippen molar-refractivity contribution in [2.45, 2.75) is 18.9 Å². The van der Waals surface area contributed by atoms with Gasteiger partial charge in [0.25, 0.3) is 11.8 Å². The van der Waals surface area contributed by atoms with Crippen molar-refractivity contribution < 1.29 is 28.5 Å². The van der Waals surface area contributed by atoms with Gasteiger partial charge in [-0.25, -0.2) is 0 Å². The Morgan fingerprint density at radius 1 is 0.967 bits per heavy atom. The van der Waals surface area contributed by atoms with Gasteiger partial charge in [-0.2, -0.15) is 0 Å². The van der Waals surface area contributed by atoms with E-state index in [9.17, 15) is 9.59 Å². The van der Waals surface area contributed by atoms with E-state index in [1.165, 1.54) is 21.3 Å². The minimum absolute atomic E-state index is 0.0340. The van der Waals surface area contributed by atoms with Crippen molar-refractivity contribution in [2.75, 3.05) is 39.8 Å². The molecular formula is C22H26N2O6. The van der Waals surface area contributed by atoms with Gasteiger partial charge < -0.3 is 29.6 Å². The smallest absolute Gasteiger partial charge is 0.259 e. The molecule has 1 aliphatic rings. The monoisotopic (exact) mass is 414 g/mol. The first-order valence-electron chi connectivity index (χ1n) is 9.68. The van der Waals surface area contributed by atoms with Crippen molar-refractivity contribution in [1.29, 1.82) is 0 Å². The Morgan fingerprint density at radius 3 is 2.40 bits per heavy atom. The number of hydrogen-bond donors (Lipinski definition) is 2. The molecule has 8 heteroatoms. The number of benzene rings is 2. The topological polar surface area (TPSA) is 95.1 Å². The van der Waals surface area contributed by atoms with Crippen molar-refractivity contribution in [3.8, 4) is 17.2 Å². The van der Waals surface area contributed by atoms with E-state index >= 15 is 0 Å². The Balaban J connectivity index is 1.80. The Bertz CT molecular complexity index is 908. The lowest BCUT2D eigenvalue weighted by Gasteiger charge is -2.17. The molecule has 1 aliphatic heterocycles. The van der Waals surface area contributed by atoms with E-state index in [4.69, 9.17) is 18.9 Å². The van der Waals surface area contributed by atoms with Gasteiger partial charge in [0, 0.05) is 13.2 Å². The number of nitrogens with one attached hydrogen (secondary N) is 2. The van der Waals surface area contributed by atoms with Crippen LogP contribution in [-0.2, 0) is 4.74 Å². The maximum absolute atomic E-state index is 13.0. The Kier molecular flexibility index (Phi) is 7.13. The maximum atomic E-state index is 13.0. The third-order valence-corrected chi connectivity index (χ3v) is 4.88. The molecule has 1 unspecified atom stereocenters. The lowest BCUT2D eigenvalue weighted by Crippen LogP contribution is -2.32. The van der Waals surface area contributed by atoms with Gasteiger partial charge >= 0.3 is 0 Å². The molecule has 8 nitrogen and oxygen atoms in total. The second kappa shape index (κ2) is 9.98. The largest absolute Gasteiger partial charge is 0.493 e. The fourth-order valence-electron chi connectivity index (χ4n) is 3.37. The summed E-state index contributed by atoms with van der Waals surface area (Å²) in [5.74, 6) is 0.289. The molecule has 1 fully saturated rings. The lowest BCUT2D eigenvalue weighted by molar-refractivity contribution is 0.0858. The van der Waals surface area contributed by atoms with Crippen molar-refractivity contribution >= 4 is 17.5 Å². The molecule has 0 saturated carbocycles. The first-order valence-corrected chi connectivity index (χ1v) is 9.68. The normalized spacial score (nSPS) is 15.4. The van der Waals surface area contributed by atoms with Gasteiger partial charge in [0.15, 0.2) is 11.5 Å². The van der Waals surface area contributed by atoms with Gasteiger partial charge in [-0.15, -0.1) is 0 Å². The second-order valence-corrected chi connectivity index (χ2v) is 6.73. The molecule has 3 rings (SSSR count). The molecule has 2 aromatic rings. The third-order valence-electron chi connectivity index (χ3n) is 4.88. The van der Waals surface area contributed by atoms with Crippen LogP contribution in [0.3, 0.4) is 0 Å². The molecule has 1 saturated heterocycles. The summed E-state index contributed by atoms with van der Waals surface area (Å²) >= 11 is 0. The summed E-state index contributed by atoms with van der Waals surface area (Å²) < 4.78 is 21.5. The highest BCUT2D eigenvalue weighted by Gasteiger charge is 2.23. The lowest BCUT2D eigenvalue weighted by atomic mass is 10.1. The zero-order valence-electron chi connectivity index (χ0n) is 17.3. The molecule has 2 aromatic carbocycles. The summed E-state index contributed by atoms with van der Waals surface area (Å²) in [7, 11) is 4.42. The van der Waals surface area contributed by atoms with E-state index in [2.05, 4.69) is 10.6 Å². The molecule has 0 bridgehead atoms. The van der Waals surface area contributed by atoms with Crippen LogP contribution in [0, 0.1) is 0 Å². The second-order valence-electron chi connectivity index (χ2n) is 6.73. The van der Waals surface area contributed by atoms with Crippen LogP contribution < -0.4 is 24.8 Å². The standard InChI is InChI=1S/C22H26N2O6/c1-27-18-11-10-16(19(28-2)20(18)29-3)22(26)24-17-9-5-4-8-15(17)21(25)23-13-14-7-6-12-30-14/h4-5,8-11,14H,6-7,12-13H2,1-3H3,(H,23,25)(H,24,26). The average Bonchev–Trinajstić information content (AvgIpc) is 3.30. The summed E-state index contributed by atoms with van der Waals surface area (Å²) in [6, 6.07) is 10.0. The number of methoxy groups -OCH3 is 3. The van der Waals surface area contributed by atoms with Gasteiger partial charge in [-0.05, 0) is 37.1 Å². The molecule has 2 N–H and O–H groups in total. The van der Waals surface area contributed by atoms with Gasteiger partial charge in [0.05, 0.1) is 44.2 Å². The first-order chi connectivity index (χ1) is 14.6. The Hall–Kier alpha value is -3.26. The van der Waals surface area contributed by atoms with Crippen LogP contribution in [0.15, 0.2) is 36.4 Å². The third kappa shape index (κ3) is 4.65. The van der Waals surface area contributed by atoms with Gasteiger partial charge in [0.2, 0.25) is 5.75 Å². The molecule has 30 heavy (non-hydrogen) atoms. The maximum Gasteiger partial charge on any atom is 0.259 e. The number of carbonyl (C=O) groups excluding carboxylic acids is 2. The van der Waals surface area contributed by atoms with Crippen LogP contribution in [0.25, 0.3) is 0 Å². The van der Waals surface area contributed by atoms with E-state index in [0.29, 0.717) is 29.3 Å². The molecule has 0 radical (unpaired) electrons. The van der Waals surface area contributed by atoms with Crippen LogP contribution in [0.5, 0.6) is 17.2 Å². The van der Waals surface area contributed by atoms with Crippen molar-refractivity contribution in [3.63, 3.8) is 0 Å². The van der Waals surface area contributed by atoms with Gasteiger partial charge in [-0.1, -0.05) is 12.1 Å². The number of amides is 2. The number of para-hydroxylation sites is 1. The van der Waals surface area contributed by atoms with Crippen LogP contribution in [0.4, 0.5) is 5.69 Å². The minimum atomic E-state index is -0.438. The SMILES string of the molecule is COc1ccc(C(=O)Nc2ccccc2C(=O)NCC2CCCO2)c(OC)c1OC. The first kappa shape index (κ1) is 21.4. The number of carbonyl (C=O) groups is 2. The molecule has 1 atom stereocenters. The van der Waals surface area contributed by atoms with E-state index in [1.807, 2.05) is 0 Å². The summed E-state index contributed by atoms with van der Waals surface area (Å²) in [5, 5.41) is 5.67. The predicted molar refractivity (Wildman–Crippen MR) is 112 cm³/mol. The summed E-state index contributed by atoms with van der Waals surface area (Å²) in [6.07, 6.45) is 1.96. The van der Waals surface area contributed by atoms with Crippen LogP contribution in [0.1, 0.15) is 33.6 Å². The Labute approximate surface area is 175 Å². The molecule has 2 amide bonds. The highest BCUT2D eigenvalue weighted by Crippen LogP contribution is 2.40. The number of hydrogen-bond acceptors (Lipinski definition) is 6. The van der Waals surface area contributed by atoms with Gasteiger partial charge in [0.1, 0.15) is 0 Å². The van der Waals surface area contributed by atoms with E-state index < -0.39 is 5.91 Å². The highest BCUT2D eigenvalue weighted by molar-refractivity contribution is 6.10. The van der Waals surface area contributed by atoms with E-state index in [1.54, 1.807) is 36.4 Å².